The Balaban J connectivity index is 1.80. The SMILES string of the molecule is CN(CC(=O)NC1CC1)c1ccc2cc(Br)cc(Cl)c2n1. The summed E-state index contributed by atoms with van der Waals surface area (Å²) in [6.45, 7) is 0.295. The normalized spacial score (nSPS) is 14.2. The average Bonchev–Trinajstić information content (AvgIpc) is 3.21. The predicted molar refractivity (Wildman–Crippen MR) is 88.9 cm³/mol. The molecular formula is C15H15BrClN3O. The molecule has 1 aromatic carbocycles. The Kier molecular flexibility index (Phi) is 4.04. The van der Waals surface area contributed by atoms with Crippen molar-refractivity contribution < 1.29 is 4.79 Å². The largest absolute Gasteiger partial charge is 0.352 e. The number of rotatable bonds is 4. The maximum absolute atomic E-state index is 11.8. The Morgan fingerprint density at radius 3 is 2.95 bits per heavy atom. The monoisotopic (exact) mass is 367 g/mol. The van der Waals surface area contributed by atoms with Gasteiger partial charge in [0.05, 0.1) is 17.1 Å². The van der Waals surface area contributed by atoms with Gasteiger partial charge in [-0.2, -0.15) is 0 Å². The number of aromatic nitrogens is 1. The number of hydrogen-bond acceptors (Lipinski definition) is 3. The molecule has 6 heteroatoms. The van der Waals surface area contributed by atoms with Gasteiger partial charge in [-0.1, -0.05) is 27.5 Å². The number of fused-ring (bicyclic) bond motifs is 1. The Labute approximate surface area is 136 Å². The van der Waals surface area contributed by atoms with Crippen LogP contribution in [-0.2, 0) is 4.79 Å². The number of nitrogens with one attached hydrogen (secondary N) is 1. The second-order valence-corrected chi connectivity index (χ2v) is 6.65. The number of carbonyl (C=O) groups is 1. The van der Waals surface area contributed by atoms with Gasteiger partial charge in [0.1, 0.15) is 5.82 Å². The molecule has 110 valence electrons. The average molecular weight is 369 g/mol. The van der Waals surface area contributed by atoms with Gasteiger partial charge in [0.25, 0.3) is 0 Å². The van der Waals surface area contributed by atoms with E-state index < -0.39 is 0 Å². The first-order valence-electron chi connectivity index (χ1n) is 6.79. The molecule has 1 aliphatic rings. The van der Waals surface area contributed by atoms with Crippen LogP contribution >= 0.6 is 27.5 Å². The standard InChI is InChI=1S/C15H15BrClN3O/c1-20(8-14(21)18-11-3-4-11)13-5-2-9-6-10(16)7-12(17)15(9)19-13/h2,5-7,11H,3-4,8H2,1H3,(H,18,21). The van der Waals surface area contributed by atoms with E-state index in [9.17, 15) is 4.79 Å². The van der Waals surface area contributed by atoms with Crippen molar-refractivity contribution in [2.75, 3.05) is 18.5 Å². The molecule has 1 N–H and O–H groups in total. The van der Waals surface area contributed by atoms with Crippen LogP contribution in [0, 0.1) is 0 Å². The van der Waals surface area contributed by atoms with Crippen molar-refractivity contribution in [2.24, 2.45) is 0 Å². The lowest BCUT2D eigenvalue weighted by Gasteiger charge is -2.18. The van der Waals surface area contributed by atoms with Crippen LogP contribution in [0.15, 0.2) is 28.7 Å². The van der Waals surface area contributed by atoms with Gasteiger partial charge in [0.15, 0.2) is 0 Å². The maximum atomic E-state index is 11.8. The lowest BCUT2D eigenvalue weighted by molar-refractivity contribution is -0.119. The van der Waals surface area contributed by atoms with Crippen molar-refractivity contribution >= 4 is 50.2 Å². The first-order valence-corrected chi connectivity index (χ1v) is 7.96. The summed E-state index contributed by atoms with van der Waals surface area (Å²) in [5.74, 6) is 0.765. The van der Waals surface area contributed by atoms with E-state index in [2.05, 4.69) is 26.2 Å². The zero-order valence-electron chi connectivity index (χ0n) is 11.6. The third-order valence-electron chi connectivity index (χ3n) is 3.41. The number of benzene rings is 1. The molecule has 1 fully saturated rings. The van der Waals surface area contributed by atoms with Crippen molar-refractivity contribution in [3.05, 3.63) is 33.8 Å². The minimum atomic E-state index is 0.0313. The Hall–Kier alpha value is -1.33. The predicted octanol–water partition coefficient (Wildman–Crippen LogP) is 3.37. The van der Waals surface area contributed by atoms with Crippen molar-refractivity contribution in [1.82, 2.24) is 10.3 Å². The molecule has 1 aliphatic carbocycles. The molecule has 1 amide bonds. The number of likely N-dealkylation sites (N-methyl/N-ethyl adjacent to an activating group) is 1. The van der Waals surface area contributed by atoms with Crippen molar-refractivity contribution in [3.63, 3.8) is 0 Å². The van der Waals surface area contributed by atoms with Crippen LogP contribution in [0.4, 0.5) is 5.82 Å². The molecule has 0 atom stereocenters. The number of halogens is 2. The van der Waals surface area contributed by atoms with E-state index >= 15 is 0 Å². The molecule has 0 saturated heterocycles. The maximum Gasteiger partial charge on any atom is 0.239 e. The molecule has 1 heterocycles. The molecule has 1 aromatic heterocycles. The Morgan fingerprint density at radius 2 is 2.24 bits per heavy atom. The molecule has 0 aliphatic heterocycles. The van der Waals surface area contributed by atoms with Crippen LogP contribution in [0.3, 0.4) is 0 Å². The van der Waals surface area contributed by atoms with Crippen molar-refractivity contribution in [3.8, 4) is 0 Å². The number of hydrogen-bond donors (Lipinski definition) is 1. The lowest BCUT2D eigenvalue weighted by Crippen LogP contribution is -2.36. The van der Waals surface area contributed by atoms with Crippen molar-refractivity contribution in [2.45, 2.75) is 18.9 Å². The third-order valence-corrected chi connectivity index (χ3v) is 4.16. The molecular weight excluding hydrogens is 354 g/mol. The molecule has 0 spiro atoms. The summed E-state index contributed by atoms with van der Waals surface area (Å²) in [6, 6.07) is 8.03. The van der Waals surface area contributed by atoms with E-state index in [1.54, 1.807) is 0 Å². The first kappa shape index (κ1) is 14.6. The van der Waals surface area contributed by atoms with E-state index in [1.807, 2.05) is 36.2 Å². The molecule has 4 nitrogen and oxygen atoms in total. The smallest absolute Gasteiger partial charge is 0.239 e. The third kappa shape index (κ3) is 3.47. The summed E-state index contributed by atoms with van der Waals surface area (Å²) in [4.78, 5) is 18.2. The first-order chi connectivity index (χ1) is 10.0. The quantitative estimate of drug-likeness (QED) is 0.900. The van der Waals surface area contributed by atoms with Gasteiger partial charge in [-0.05, 0) is 37.1 Å². The zero-order valence-corrected chi connectivity index (χ0v) is 13.9. The fraction of sp³-hybridized carbons (Fsp3) is 0.333. The topological polar surface area (TPSA) is 45.2 Å². The highest BCUT2D eigenvalue weighted by atomic mass is 79.9. The number of anilines is 1. The lowest BCUT2D eigenvalue weighted by atomic mass is 10.2. The summed E-state index contributed by atoms with van der Waals surface area (Å²) in [6.07, 6.45) is 2.18. The highest BCUT2D eigenvalue weighted by Gasteiger charge is 2.23. The highest BCUT2D eigenvalue weighted by Crippen LogP contribution is 2.28. The van der Waals surface area contributed by atoms with Crippen LogP contribution in [0.1, 0.15) is 12.8 Å². The molecule has 2 aromatic rings. The van der Waals surface area contributed by atoms with Crippen LogP contribution in [0.25, 0.3) is 10.9 Å². The van der Waals surface area contributed by atoms with Crippen LogP contribution < -0.4 is 10.2 Å². The minimum absolute atomic E-state index is 0.0313. The number of nitrogens with zero attached hydrogens (tertiary/aromatic N) is 2. The number of carbonyl (C=O) groups excluding carboxylic acids is 1. The van der Waals surface area contributed by atoms with E-state index in [-0.39, 0.29) is 5.91 Å². The summed E-state index contributed by atoms with van der Waals surface area (Å²) < 4.78 is 0.923. The van der Waals surface area contributed by atoms with Gasteiger partial charge >= 0.3 is 0 Å². The number of pyridine rings is 1. The van der Waals surface area contributed by atoms with Gasteiger partial charge in [0, 0.05) is 22.9 Å². The van der Waals surface area contributed by atoms with E-state index in [4.69, 9.17) is 11.6 Å². The summed E-state index contributed by atoms with van der Waals surface area (Å²) in [5, 5.41) is 4.53. The van der Waals surface area contributed by atoms with Crippen LogP contribution in [0.2, 0.25) is 5.02 Å². The second kappa shape index (κ2) is 5.81. The van der Waals surface area contributed by atoms with E-state index in [1.165, 1.54) is 0 Å². The summed E-state index contributed by atoms with van der Waals surface area (Å²) in [5.41, 5.74) is 0.742. The van der Waals surface area contributed by atoms with Crippen molar-refractivity contribution in [1.29, 1.82) is 0 Å². The van der Waals surface area contributed by atoms with Gasteiger partial charge in [-0.15, -0.1) is 0 Å². The van der Waals surface area contributed by atoms with E-state index in [0.29, 0.717) is 17.6 Å². The van der Waals surface area contributed by atoms with E-state index in [0.717, 1.165) is 34.0 Å². The Morgan fingerprint density at radius 1 is 1.48 bits per heavy atom. The summed E-state index contributed by atoms with van der Waals surface area (Å²) >= 11 is 9.65. The minimum Gasteiger partial charge on any atom is -0.352 e. The van der Waals surface area contributed by atoms with Gasteiger partial charge in [-0.25, -0.2) is 4.98 Å². The highest BCUT2D eigenvalue weighted by molar-refractivity contribution is 9.10. The Bertz CT molecular complexity index is 703. The second-order valence-electron chi connectivity index (χ2n) is 5.33. The van der Waals surface area contributed by atoms with Gasteiger partial charge in [0.2, 0.25) is 5.91 Å². The summed E-state index contributed by atoms with van der Waals surface area (Å²) in [7, 11) is 1.85. The van der Waals surface area contributed by atoms with Crippen LogP contribution in [-0.4, -0.2) is 30.5 Å². The molecule has 3 rings (SSSR count). The number of amides is 1. The fourth-order valence-electron chi connectivity index (χ4n) is 2.16. The van der Waals surface area contributed by atoms with Gasteiger partial charge < -0.3 is 10.2 Å². The fourth-order valence-corrected chi connectivity index (χ4v) is 3.03. The zero-order chi connectivity index (χ0) is 15.0. The van der Waals surface area contributed by atoms with Gasteiger partial charge in [-0.3, -0.25) is 4.79 Å². The molecule has 21 heavy (non-hydrogen) atoms. The molecule has 0 radical (unpaired) electrons. The van der Waals surface area contributed by atoms with Crippen LogP contribution in [0.5, 0.6) is 0 Å². The molecule has 1 saturated carbocycles. The molecule has 0 bridgehead atoms. The molecule has 0 unspecified atom stereocenters.